The molecule has 14 nitrogen and oxygen atoms in total. The third-order valence-corrected chi connectivity index (χ3v) is 10.2. The molecule has 2 aliphatic heterocycles. The maximum Gasteiger partial charge on any atom is 0.234 e. The van der Waals surface area contributed by atoms with Gasteiger partial charge in [0.15, 0.2) is 12.3 Å². The fourth-order valence-corrected chi connectivity index (χ4v) is 6.95. The predicted octanol–water partition coefficient (Wildman–Crippen LogP) is 0.341. The molecule has 12 atom stereocenters. The smallest absolute Gasteiger partial charge is 0.234 e. The molecule has 9 N–H and O–H groups in total. The van der Waals surface area contributed by atoms with Crippen LogP contribution in [0.3, 0.4) is 0 Å². The van der Waals surface area contributed by atoms with Crippen LogP contribution in [0.2, 0.25) is 0 Å². The monoisotopic (exact) mass is 765 g/mol. The highest BCUT2D eigenvalue weighted by Crippen LogP contribution is 2.29. The van der Waals surface area contributed by atoms with Crippen molar-refractivity contribution in [1.29, 1.82) is 0 Å². The number of amides is 1. The van der Waals surface area contributed by atoms with Crippen LogP contribution < -0.4 is 11.1 Å². The Morgan fingerprint density at radius 1 is 0.849 bits per heavy atom. The standard InChI is InChI=1S/C38H60N3O11P/c1-2-3-5-9-24-12-14-25(15-13-24)16-17-27(36(39)48)40-18-8-19-41(21-29(43)33(47)35-31(45)23-50-38(53)52-35)20-28(42)32(46)34-30(44)22-49-37(51-34)26-10-6-4-7-11-26/h4,6-7,10-15,27-35,37-38,40,42-47H,2-3,5,8-9,16-23,53H2,1H3,(H2,39,48)/t27-,28-,29-,30+,31+,32+,33+,34+,35+,37?,38?/m0/s1. The van der Waals surface area contributed by atoms with Gasteiger partial charge < -0.3 is 60.6 Å². The molecule has 0 radical (unpaired) electrons. The highest BCUT2D eigenvalue weighted by Gasteiger charge is 2.41. The van der Waals surface area contributed by atoms with Crippen molar-refractivity contribution >= 4 is 15.1 Å². The van der Waals surface area contributed by atoms with Gasteiger partial charge in [-0.15, -0.1) is 0 Å². The second-order valence-electron chi connectivity index (χ2n) is 14.1. The van der Waals surface area contributed by atoms with Gasteiger partial charge in [0.2, 0.25) is 5.91 Å². The van der Waals surface area contributed by atoms with Crippen molar-refractivity contribution in [2.24, 2.45) is 5.73 Å². The zero-order valence-corrected chi connectivity index (χ0v) is 31.7. The minimum atomic E-state index is -1.54. The Balaban J connectivity index is 1.35. The van der Waals surface area contributed by atoms with Crippen LogP contribution in [-0.2, 0) is 36.6 Å². The van der Waals surface area contributed by atoms with E-state index in [-0.39, 0.29) is 32.8 Å². The lowest BCUT2D eigenvalue weighted by atomic mass is 10.00. The summed E-state index contributed by atoms with van der Waals surface area (Å²) in [6, 6.07) is 16.1. The number of aliphatic hydroxyl groups is 6. The van der Waals surface area contributed by atoms with E-state index in [1.165, 1.54) is 18.4 Å². The number of aliphatic hydroxyl groups excluding tert-OH is 6. The number of carbonyl (C=O) groups excluding carboxylic acids is 1. The molecule has 0 saturated carbocycles. The van der Waals surface area contributed by atoms with Gasteiger partial charge in [0, 0.05) is 18.7 Å². The molecule has 0 bridgehead atoms. The number of hydrogen-bond acceptors (Lipinski definition) is 13. The number of unbranched alkanes of at least 4 members (excludes halogenated alkanes) is 2. The molecule has 2 aliphatic rings. The third kappa shape index (κ3) is 13.8. The Bertz CT molecular complexity index is 1330. The van der Waals surface area contributed by atoms with Crippen molar-refractivity contribution in [1.82, 2.24) is 10.2 Å². The van der Waals surface area contributed by atoms with Crippen molar-refractivity contribution < 1.29 is 54.4 Å². The molecule has 1 amide bonds. The largest absolute Gasteiger partial charge is 0.389 e. The van der Waals surface area contributed by atoms with Crippen molar-refractivity contribution in [3.63, 3.8) is 0 Å². The molecule has 2 fully saturated rings. The van der Waals surface area contributed by atoms with Crippen molar-refractivity contribution in [2.45, 2.75) is 119 Å². The van der Waals surface area contributed by atoms with Crippen LogP contribution in [0.5, 0.6) is 0 Å². The van der Waals surface area contributed by atoms with Crippen LogP contribution in [0.25, 0.3) is 0 Å². The second-order valence-corrected chi connectivity index (χ2v) is 14.6. The van der Waals surface area contributed by atoms with Crippen molar-refractivity contribution in [3.05, 3.63) is 71.3 Å². The van der Waals surface area contributed by atoms with E-state index in [2.05, 4.69) is 45.7 Å². The summed E-state index contributed by atoms with van der Waals surface area (Å²) in [6.07, 6.45) is -5.27. The zero-order valence-electron chi connectivity index (χ0n) is 30.6. The van der Waals surface area contributed by atoms with Crippen LogP contribution in [0.15, 0.2) is 54.6 Å². The fraction of sp³-hybridized carbons (Fsp3) is 0.658. The maximum atomic E-state index is 12.3. The van der Waals surface area contributed by atoms with Crippen LogP contribution in [-0.4, -0.2) is 142 Å². The minimum absolute atomic E-state index is 0.0916. The number of nitrogens with one attached hydrogen (secondary N) is 1. The molecule has 0 aromatic heterocycles. The van der Waals surface area contributed by atoms with Gasteiger partial charge >= 0.3 is 0 Å². The first-order valence-electron chi connectivity index (χ1n) is 18.7. The molecule has 2 aromatic carbocycles. The lowest BCUT2D eigenvalue weighted by molar-refractivity contribution is -0.283. The van der Waals surface area contributed by atoms with Gasteiger partial charge in [-0.1, -0.05) is 83.6 Å². The predicted molar refractivity (Wildman–Crippen MR) is 200 cm³/mol. The van der Waals surface area contributed by atoms with E-state index in [0.717, 1.165) is 18.4 Å². The summed E-state index contributed by atoms with van der Waals surface area (Å²) in [6.45, 7) is 2.26. The summed E-state index contributed by atoms with van der Waals surface area (Å²) in [5, 5.41) is 68.7. The number of nitrogens with two attached hydrogens (primary N) is 1. The Labute approximate surface area is 314 Å². The van der Waals surface area contributed by atoms with E-state index in [0.29, 0.717) is 31.4 Å². The normalized spacial score (nSPS) is 26.5. The number of aryl methyl sites for hydroxylation is 2. The van der Waals surface area contributed by atoms with Gasteiger partial charge in [-0.25, -0.2) is 0 Å². The summed E-state index contributed by atoms with van der Waals surface area (Å²) in [7, 11) is 2.29. The van der Waals surface area contributed by atoms with E-state index < -0.39 is 73.1 Å². The molecule has 0 aliphatic carbocycles. The molecule has 2 saturated heterocycles. The quantitative estimate of drug-likeness (QED) is 0.0601. The zero-order chi connectivity index (χ0) is 38.3. The summed E-state index contributed by atoms with van der Waals surface area (Å²) >= 11 is 0. The van der Waals surface area contributed by atoms with Crippen molar-refractivity contribution in [3.8, 4) is 0 Å². The average Bonchev–Trinajstić information content (AvgIpc) is 3.15. The first-order chi connectivity index (χ1) is 25.5. The Morgan fingerprint density at radius 3 is 2.04 bits per heavy atom. The molecule has 2 aromatic rings. The highest BCUT2D eigenvalue weighted by molar-refractivity contribution is 7.16. The Morgan fingerprint density at radius 2 is 1.43 bits per heavy atom. The molecular formula is C38H60N3O11P. The molecule has 2 heterocycles. The highest BCUT2D eigenvalue weighted by atomic mass is 31.0. The SMILES string of the molecule is CCCCCc1ccc(CC[C@H](NCCCN(C[C@H](O)[C@@H](O)[C@@H]2OC(P)OC[C@H]2O)C[C@H](O)[C@@H](O)[C@@H]2OC(c3ccccc3)OC[C@H]2O)C(N)=O)cc1. The van der Waals surface area contributed by atoms with E-state index in [1.807, 2.05) is 18.2 Å². The topological polar surface area (TPSA) is 217 Å². The molecule has 3 unspecified atom stereocenters. The summed E-state index contributed by atoms with van der Waals surface area (Å²) in [5.41, 5.74) is 8.83. The Hall–Kier alpha value is -2.14. The summed E-state index contributed by atoms with van der Waals surface area (Å²) in [4.78, 5) is 14.0. The first-order valence-corrected chi connectivity index (χ1v) is 19.4. The number of benzene rings is 2. The molecule has 298 valence electrons. The maximum absolute atomic E-state index is 12.3. The molecule has 15 heteroatoms. The number of ether oxygens (including phenoxy) is 4. The fourth-order valence-electron chi connectivity index (χ4n) is 6.65. The number of hydrogen-bond donors (Lipinski definition) is 8. The van der Waals surface area contributed by atoms with Gasteiger partial charge in [-0.3, -0.25) is 9.69 Å². The number of nitrogens with zero attached hydrogens (tertiary/aromatic N) is 1. The van der Waals surface area contributed by atoms with E-state index in [9.17, 15) is 35.4 Å². The molecule has 53 heavy (non-hydrogen) atoms. The average molecular weight is 766 g/mol. The number of primary amides is 1. The van der Waals surface area contributed by atoms with Gasteiger partial charge in [0.1, 0.15) is 36.6 Å². The van der Waals surface area contributed by atoms with Crippen LogP contribution in [0.1, 0.15) is 62.0 Å². The molecule has 0 spiro atoms. The van der Waals surface area contributed by atoms with Gasteiger partial charge in [0.25, 0.3) is 0 Å². The first kappa shape index (κ1) is 43.6. The lowest BCUT2D eigenvalue weighted by Gasteiger charge is -2.39. The van der Waals surface area contributed by atoms with Crippen molar-refractivity contribution in [2.75, 3.05) is 39.4 Å². The van der Waals surface area contributed by atoms with Crippen LogP contribution >= 0.6 is 9.24 Å². The van der Waals surface area contributed by atoms with Crippen LogP contribution in [0, 0.1) is 0 Å². The molecular weight excluding hydrogens is 705 g/mol. The van der Waals surface area contributed by atoms with E-state index >= 15 is 0 Å². The second kappa shape index (κ2) is 22.4. The lowest BCUT2D eigenvalue weighted by Crippen LogP contribution is -2.56. The van der Waals surface area contributed by atoms with Gasteiger partial charge in [-0.2, -0.15) is 0 Å². The summed E-state index contributed by atoms with van der Waals surface area (Å²) in [5.74, 6) is -0.471. The van der Waals surface area contributed by atoms with Crippen LogP contribution in [0.4, 0.5) is 0 Å². The Kier molecular flexibility index (Phi) is 18.4. The minimum Gasteiger partial charge on any atom is -0.389 e. The number of rotatable bonds is 22. The van der Waals surface area contributed by atoms with E-state index in [4.69, 9.17) is 24.7 Å². The summed E-state index contributed by atoms with van der Waals surface area (Å²) < 4.78 is 22.2. The number of carbonyl (C=O) groups is 1. The third-order valence-electron chi connectivity index (χ3n) is 9.80. The molecule has 4 rings (SSSR count). The van der Waals surface area contributed by atoms with E-state index in [1.54, 1.807) is 17.0 Å². The van der Waals surface area contributed by atoms with Gasteiger partial charge in [-0.05, 0) is 56.3 Å². The van der Waals surface area contributed by atoms with Gasteiger partial charge in [0.05, 0.1) is 31.5 Å².